The van der Waals surface area contributed by atoms with Crippen LogP contribution in [0.15, 0.2) is 22.7 Å². The number of hydrogen-bond donors (Lipinski definition) is 1. The van der Waals surface area contributed by atoms with Gasteiger partial charge in [-0.1, -0.05) is 6.07 Å². The van der Waals surface area contributed by atoms with Gasteiger partial charge in [0.15, 0.2) is 0 Å². The van der Waals surface area contributed by atoms with Gasteiger partial charge >= 0.3 is 0 Å². The molecular weight excluding hydrogens is 297 g/mol. The van der Waals surface area contributed by atoms with Crippen LogP contribution in [0.2, 0.25) is 0 Å². The molecule has 0 amide bonds. The molecule has 0 radical (unpaired) electrons. The van der Waals surface area contributed by atoms with Crippen molar-refractivity contribution in [3.8, 4) is 0 Å². The molecule has 1 heterocycles. The van der Waals surface area contributed by atoms with Crippen molar-refractivity contribution in [2.75, 3.05) is 19.8 Å². The number of ether oxygens (including phenoxy) is 1. The molecule has 1 aliphatic rings. The Balaban J connectivity index is 1.86. The Morgan fingerprint density at radius 2 is 2.17 bits per heavy atom. The third kappa shape index (κ3) is 3.77. The van der Waals surface area contributed by atoms with E-state index in [1.807, 2.05) is 12.1 Å². The van der Waals surface area contributed by atoms with Gasteiger partial charge in [-0.25, -0.2) is 4.39 Å². The van der Waals surface area contributed by atoms with Gasteiger partial charge in [0.1, 0.15) is 5.82 Å². The second-order valence-corrected chi connectivity index (χ2v) is 5.71. The fraction of sp³-hybridized carbons (Fsp3) is 0.571. The lowest BCUT2D eigenvalue weighted by atomic mass is 9.99. The van der Waals surface area contributed by atoms with Gasteiger partial charge in [-0.05, 0) is 65.9 Å². The molecule has 1 atom stereocenters. The Morgan fingerprint density at radius 1 is 1.44 bits per heavy atom. The highest BCUT2D eigenvalue weighted by molar-refractivity contribution is 9.10. The van der Waals surface area contributed by atoms with Crippen LogP contribution in [0.3, 0.4) is 0 Å². The van der Waals surface area contributed by atoms with E-state index in [4.69, 9.17) is 4.74 Å². The number of benzene rings is 1. The molecule has 1 aliphatic heterocycles. The van der Waals surface area contributed by atoms with Gasteiger partial charge in [0.2, 0.25) is 0 Å². The van der Waals surface area contributed by atoms with E-state index in [1.165, 1.54) is 6.07 Å². The smallest absolute Gasteiger partial charge is 0.137 e. The number of rotatable bonds is 4. The predicted octanol–water partition coefficient (Wildman–Crippen LogP) is 3.67. The van der Waals surface area contributed by atoms with Crippen molar-refractivity contribution in [2.45, 2.75) is 25.8 Å². The van der Waals surface area contributed by atoms with E-state index >= 15 is 0 Å². The maximum atomic E-state index is 13.2. The summed E-state index contributed by atoms with van der Waals surface area (Å²) in [5, 5.41) is 3.52. The molecular formula is C14H19BrFNO. The molecule has 1 unspecified atom stereocenters. The normalized spacial score (nSPS) is 18.8. The minimum atomic E-state index is -0.213. The molecule has 1 aromatic rings. The van der Waals surface area contributed by atoms with E-state index < -0.39 is 0 Å². The number of nitrogens with one attached hydrogen (secondary N) is 1. The highest BCUT2D eigenvalue weighted by Crippen LogP contribution is 2.22. The second-order valence-electron chi connectivity index (χ2n) is 4.86. The average Bonchev–Trinajstić information content (AvgIpc) is 2.40. The van der Waals surface area contributed by atoms with Gasteiger partial charge in [0, 0.05) is 19.3 Å². The van der Waals surface area contributed by atoms with E-state index in [-0.39, 0.29) is 11.9 Å². The van der Waals surface area contributed by atoms with Crippen LogP contribution in [0.25, 0.3) is 0 Å². The molecule has 2 rings (SSSR count). The largest absolute Gasteiger partial charge is 0.381 e. The summed E-state index contributed by atoms with van der Waals surface area (Å²) in [4.78, 5) is 0. The summed E-state index contributed by atoms with van der Waals surface area (Å²) in [6.45, 7) is 4.87. The third-order valence-corrected chi connectivity index (χ3v) is 4.10. The molecule has 1 aromatic carbocycles. The maximum Gasteiger partial charge on any atom is 0.137 e. The predicted molar refractivity (Wildman–Crippen MR) is 74.1 cm³/mol. The van der Waals surface area contributed by atoms with Crippen molar-refractivity contribution in [3.05, 3.63) is 34.1 Å². The lowest BCUT2D eigenvalue weighted by molar-refractivity contribution is 0.0656. The summed E-state index contributed by atoms with van der Waals surface area (Å²) in [7, 11) is 0. The SMILES string of the molecule is CC(NCC1CCOCC1)c1ccc(F)c(Br)c1. The number of halogens is 2. The molecule has 0 bridgehead atoms. The molecule has 18 heavy (non-hydrogen) atoms. The first-order chi connectivity index (χ1) is 8.66. The monoisotopic (exact) mass is 315 g/mol. The summed E-state index contributed by atoms with van der Waals surface area (Å²) < 4.78 is 19.0. The van der Waals surface area contributed by atoms with Crippen LogP contribution in [-0.2, 0) is 4.74 Å². The Kier molecular flexibility index (Phi) is 5.15. The van der Waals surface area contributed by atoms with Crippen molar-refractivity contribution in [2.24, 2.45) is 5.92 Å². The van der Waals surface area contributed by atoms with Crippen LogP contribution in [0, 0.1) is 11.7 Å². The minimum absolute atomic E-state index is 0.213. The fourth-order valence-corrected chi connectivity index (χ4v) is 2.59. The summed E-state index contributed by atoms with van der Waals surface area (Å²) in [5.41, 5.74) is 1.11. The second kappa shape index (κ2) is 6.64. The van der Waals surface area contributed by atoms with Gasteiger partial charge in [-0.15, -0.1) is 0 Å². The zero-order valence-electron chi connectivity index (χ0n) is 10.6. The first-order valence-electron chi connectivity index (χ1n) is 6.43. The van der Waals surface area contributed by atoms with E-state index in [1.54, 1.807) is 0 Å². The molecule has 100 valence electrons. The minimum Gasteiger partial charge on any atom is -0.381 e. The first kappa shape index (κ1) is 14.0. The summed E-state index contributed by atoms with van der Waals surface area (Å²) >= 11 is 3.22. The quantitative estimate of drug-likeness (QED) is 0.915. The van der Waals surface area contributed by atoms with E-state index in [0.29, 0.717) is 10.4 Å². The van der Waals surface area contributed by atoms with Gasteiger partial charge < -0.3 is 10.1 Å². The van der Waals surface area contributed by atoms with Gasteiger partial charge in [-0.3, -0.25) is 0 Å². The fourth-order valence-electron chi connectivity index (χ4n) is 2.19. The van der Waals surface area contributed by atoms with Crippen molar-refractivity contribution in [1.82, 2.24) is 5.32 Å². The molecule has 2 nitrogen and oxygen atoms in total. The third-order valence-electron chi connectivity index (χ3n) is 3.50. The molecule has 1 saturated heterocycles. The van der Waals surface area contributed by atoms with Gasteiger partial charge in [0.05, 0.1) is 4.47 Å². The topological polar surface area (TPSA) is 21.3 Å². The molecule has 4 heteroatoms. The van der Waals surface area contributed by atoms with E-state index in [2.05, 4.69) is 28.2 Å². The standard InChI is InChI=1S/C14H19BrFNO/c1-10(12-2-3-14(16)13(15)8-12)17-9-11-4-6-18-7-5-11/h2-3,8,10-11,17H,4-7,9H2,1H3. The zero-order chi connectivity index (χ0) is 13.0. The highest BCUT2D eigenvalue weighted by atomic mass is 79.9. The molecule has 0 saturated carbocycles. The molecule has 0 aromatic heterocycles. The summed E-state index contributed by atoms with van der Waals surface area (Å²) in [6.07, 6.45) is 2.26. The lowest BCUT2D eigenvalue weighted by Crippen LogP contribution is -2.29. The van der Waals surface area contributed by atoms with Crippen molar-refractivity contribution in [1.29, 1.82) is 0 Å². The van der Waals surface area contributed by atoms with Crippen molar-refractivity contribution < 1.29 is 9.13 Å². The van der Waals surface area contributed by atoms with Crippen LogP contribution < -0.4 is 5.32 Å². The Bertz CT molecular complexity index is 393. The molecule has 1 N–H and O–H groups in total. The zero-order valence-corrected chi connectivity index (χ0v) is 12.2. The highest BCUT2D eigenvalue weighted by Gasteiger charge is 2.15. The van der Waals surface area contributed by atoms with Crippen LogP contribution in [0.5, 0.6) is 0 Å². The van der Waals surface area contributed by atoms with Gasteiger partial charge in [-0.2, -0.15) is 0 Å². The van der Waals surface area contributed by atoms with E-state index in [9.17, 15) is 4.39 Å². The summed E-state index contributed by atoms with van der Waals surface area (Å²) in [5.74, 6) is 0.487. The Labute approximate surface area is 116 Å². The van der Waals surface area contributed by atoms with E-state index in [0.717, 1.165) is 38.2 Å². The lowest BCUT2D eigenvalue weighted by Gasteiger charge is -2.24. The maximum absolute atomic E-state index is 13.2. The number of hydrogen-bond acceptors (Lipinski definition) is 2. The summed E-state index contributed by atoms with van der Waals surface area (Å²) in [6, 6.07) is 5.43. The first-order valence-corrected chi connectivity index (χ1v) is 7.22. The average molecular weight is 316 g/mol. The van der Waals surface area contributed by atoms with Crippen LogP contribution >= 0.6 is 15.9 Å². The van der Waals surface area contributed by atoms with Crippen LogP contribution in [0.1, 0.15) is 31.4 Å². The van der Waals surface area contributed by atoms with Crippen molar-refractivity contribution in [3.63, 3.8) is 0 Å². The Hall–Kier alpha value is -0.450. The van der Waals surface area contributed by atoms with Crippen molar-refractivity contribution >= 4 is 15.9 Å². The molecule has 1 fully saturated rings. The van der Waals surface area contributed by atoms with Crippen LogP contribution in [-0.4, -0.2) is 19.8 Å². The molecule has 0 spiro atoms. The van der Waals surface area contributed by atoms with Gasteiger partial charge in [0.25, 0.3) is 0 Å². The molecule has 0 aliphatic carbocycles. The van der Waals surface area contributed by atoms with Crippen LogP contribution in [0.4, 0.5) is 4.39 Å². The Morgan fingerprint density at radius 3 is 2.83 bits per heavy atom.